The molecule has 0 aromatic heterocycles. The average molecular weight is 309 g/mol. The molecule has 1 atom stereocenters. The Kier molecular flexibility index (Phi) is 4.42. The summed E-state index contributed by atoms with van der Waals surface area (Å²) in [6, 6.07) is 16.8. The summed E-state index contributed by atoms with van der Waals surface area (Å²) >= 11 is 0. The molecule has 0 spiro atoms. The normalized spacial score (nSPS) is 17.2. The van der Waals surface area contributed by atoms with Crippen LogP contribution in [0.3, 0.4) is 0 Å². The molecule has 118 valence electrons. The van der Waals surface area contributed by atoms with Crippen LogP contribution in [0, 0.1) is 0 Å². The second kappa shape index (κ2) is 6.65. The van der Waals surface area contributed by atoms with Gasteiger partial charge in [0.25, 0.3) is 0 Å². The third-order valence-corrected chi connectivity index (χ3v) is 4.31. The van der Waals surface area contributed by atoms with Crippen molar-refractivity contribution in [3.63, 3.8) is 0 Å². The summed E-state index contributed by atoms with van der Waals surface area (Å²) in [5.41, 5.74) is 2.27. The second-order valence-electron chi connectivity index (χ2n) is 5.83. The first kappa shape index (κ1) is 15.3. The lowest BCUT2D eigenvalue weighted by atomic mass is 10.0. The molecule has 1 fully saturated rings. The van der Waals surface area contributed by atoms with E-state index in [0.29, 0.717) is 6.42 Å². The zero-order valence-electron chi connectivity index (χ0n) is 12.8. The molecule has 0 saturated carbocycles. The van der Waals surface area contributed by atoms with Crippen LogP contribution in [0.2, 0.25) is 0 Å². The minimum atomic E-state index is -0.952. The number of likely N-dealkylation sites (tertiary alicyclic amines) is 1. The maximum atomic E-state index is 12.6. The molecule has 2 aromatic carbocycles. The first-order valence-electron chi connectivity index (χ1n) is 7.82. The number of aromatic carboxylic acids is 1. The van der Waals surface area contributed by atoms with Gasteiger partial charge in [0.1, 0.15) is 0 Å². The van der Waals surface area contributed by atoms with Gasteiger partial charge in [0.05, 0.1) is 18.0 Å². The lowest BCUT2D eigenvalue weighted by Crippen LogP contribution is -2.31. The predicted octanol–water partition coefficient (Wildman–Crippen LogP) is 3.29. The van der Waals surface area contributed by atoms with Crippen LogP contribution in [0.4, 0.5) is 0 Å². The Morgan fingerprint density at radius 3 is 2.39 bits per heavy atom. The minimum absolute atomic E-state index is 0.0967. The third kappa shape index (κ3) is 3.42. The number of carboxylic acids is 1. The average Bonchev–Trinajstić information content (AvgIpc) is 3.06. The van der Waals surface area contributed by atoms with Crippen molar-refractivity contribution in [2.24, 2.45) is 0 Å². The van der Waals surface area contributed by atoms with Gasteiger partial charge in [0.2, 0.25) is 5.91 Å². The molecule has 1 unspecified atom stereocenters. The van der Waals surface area contributed by atoms with Gasteiger partial charge in [-0.25, -0.2) is 4.79 Å². The van der Waals surface area contributed by atoms with Gasteiger partial charge in [-0.1, -0.05) is 42.5 Å². The van der Waals surface area contributed by atoms with Gasteiger partial charge in [-0.05, 0) is 36.1 Å². The van der Waals surface area contributed by atoms with Crippen LogP contribution in [-0.4, -0.2) is 28.4 Å². The molecule has 4 heteroatoms. The fourth-order valence-electron chi connectivity index (χ4n) is 3.13. The Balaban J connectivity index is 1.71. The molecule has 1 amide bonds. The van der Waals surface area contributed by atoms with E-state index in [0.717, 1.165) is 24.9 Å². The molecular formula is C19H19NO3. The van der Waals surface area contributed by atoms with Crippen molar-refractivity contribution in [2.45, 2.75) is 25.3 Å². The van der Waals surface area contributed by atoms with Crippen molar-refractivity contribution in [2.75, 3.05) is 6.54 Å². The quantitative estimate of drug-likeness (QED) is 0.943. The number of hydrogen-bond acceptors (Lipinski definition) is 2. The highest BCUT2D eigenvalue weighted by atomic mass is 16.4. The van der Waals surface area contributed by atoms with Gasteiger partial charge in [-0.15, -0.1) is 0 Å². The van der Waals surface area contributed by atoms with Gasteiger partial charge in [0.15, 0.2) is 0 Å². The van der Waals surface area contributed by atoms with Crippen LogP contribution in [0.1, 0.15) is 40.4 Å². The molecular weight excluding hydrogens is 290 g/mol. The number of nitrogens with zero attached hydrogens (tertiary/aromatic N) is 1. The molecule has 4 nitrogen and oxygen atoms in total. The number of carbonyl (C=O) groups excluding carboxylic acids is 1. The smallest absolute Gasteiger partial charge is 0.335 e. The summed E-state index contributed by atoms with van der Waals surface area (Å²) in [5, 5.41) is 8.92. The largest absolute Gasteiger partial charge is 0.478 e. The number of rotatable bonds is 4. The van der Waals surface area contributed by atoms with E-state index < -0.39 is 5.97 Å². The SMILES string of the molecule is O=C(O)c1ccc(CC(=O)N2CCCC2c2ccccc2)cc1. The van der Waals surface area contributed by atoms with Crippen molar-refractivity contribution >= 4 is 11.9 Å². The van der Waals surface area contributed by atoms with Crippen LogP contribution in [-0.2, 0) is 11.2 Å². The van der Waals surface area contributed by atoms with Crippen molar-refractivity contribution in [3.8, 4) is 0 Å². The number of carbonyl (C=O) groups is 2. The van der Waals surface area contributed by atoms with Crippen molar-refractivity contribution < 1.29 is 14.7 Å². The number of carboxylic acid groups (broad SMARTS) is 1. The predicted molar refractivity (Wildman–Crippen MR) is 87.2 cm³/mol. The highest BCUT2D eigenvalue weighted by Gasteiger charge is 2.29. The molecule has 1 heterocycles. The molecule has 1 N–H and O–H groups in total. The van der Waals surface area contributed by atoms with Gasteiger partial charge in [0, 0.05) is 6.54 Å². The molecule has 3 rings (SSSR count). The van der Waals surface area contributed by atoms with E-state index in [4.69, 9.17) is 5.11 Å². The fourth-order valence-corrected chi connectivity index (χ4v) is 3.13. The summed E-state index contributed by atoms with van der Waals surface area (Å²) in [6.45, 7) is 0.783. The Hall–Kier alpha value is -2.62. The van der Waals surface area contributed by atoms with Gasteiger partial charge in [-0.3, -0.25) is 4.79 Å². The van der Waals surface area contributed by atoms with Crippen LogP contribution in [0.5, 0.6) is 0 Å². The molecule has 1 saturated heterocycles. The molecule has 0 aliphatic carbocycles. The molecule has 0 bridgehead atoms. The van der Waals surface area contributed by atoms with Crippen LogP contribution in [0.25, 0.3) is 0 Å². The van der Waals surface area contributed by atoms with Crippen LogP contribution >= 0.6 is 0 Å². The fraction of sp³-hybridized carbons (Fsp3) is 0.263. The van der Waals surface area contributed by atoms with E-state index in [-0.39, 0.29) is 17.5 Å². The maximum Gasteiger partial charge on any atom is 0.335 e. The van der Waals surface area contributed by atoms with E-state index in [1.54, 1.807) is 24.3 Å². The summed E-state index contributed by atoms with van der Waals surface area (Å²) in [4.78, 5) is 25.4. The van der Waals surface area contributed by atoms with E-state index in [2.05, 4.69) is 12.1 Å². The Labute approximate surface area is 135 Å². The molecule has 23 heavy (non-hydrogen) atoms. The highest BCUT2D eigenvalue weighted by Crippen LogP contribution is 2.32. The lowest BCUT2D eigenvalue weighted by Gasteiger charge is -2.25. The lowest BCUT2D eigenvalue weighted by molar-refractivity contribution is -0.131. The summed E-state index contributed by atoms with van der Waals surface area (Å²) in [5.74, 6) is -0.856. The second-order valence-corrected chi connectivity index (χ2v) is 5.83. The zero-order chi connectivity index (χ0) is 16.2. The topological polar surface area (TPSA) is 57.6 Å². The maximum absolute atomic E-state index is 12.6. The number of benzene rings is 2. The van der Waals surface area contributed by atoms with Crippen LogP contribution < -0.4 is 0 Å². The third-order valence-electron chi connectivity index (χ3n) is 4.31. The molecule has 1 aliphatic rings. The molecule has 1 aliphatic heterocycles. The van der Waals surface area contributed by atoms with Crippen LogP contribution in [0.15, 0.2) is 54.6 Å². The molecule has 2 aromatic rings. The van der Waals surface area contributed by atoms with Crippen molar-refractivity contribution in [1.82, 2.24) is 4.90 Å². The Bertz CT molecular complexity index is 694. The zero-order valence-corrected chi connectivity index (χ0v) is 12.8. The van der Waals surface area contributed by atoms with E-state index in [1.807, 2.05) is 23.1 Å². The Morgan fingerprint density at radius 1 is 1.04 bits per heavy atom. The Morgan fingerprint density at radius 2 is 1.74 bits per heavy atom. The van der Waals surface area contributed by atoms with Gasteiger partial charge < -0.3 is 10.0 Å². The van der Waals surface area contributed by atoms with Gasteiger partial charge >= 0.3 is 5.97 Å². The number of hydrogen-bond donors (Lipinski definition) is 1. The summed E-state index contributed by atoms with van der Waals surface area (Å²) in [6.07, 6.45) is 2.32. The van der Waals surface area contributed by atoms with E-state index in [9.17, 15) is 9.59 Å². The first-order valence-corrected chi connectivity index (χ1v) is 7.82. The summed E-state index contributed by atoms with van der Waals surface area (Å²) < 4.78 is 0. The highest BCUT2D eigenvalue weighted by molar-refractivity contribution is 5.87. The number of amides is 1. The molecule has 0 radical (unpaired) electrons. The monoisotopic (exact) mass is 309 g/mol. The summed E-state index contributed by atoms with van der Waals surface area (Å²) in [7, 11) is 0. The van der Waals surface area contributed by atoms with Crippen molar-refractivity contribution in [1.29, 1.82) is 0 Å². The first-order chi connectivity index (χ1) is 11.1. The van der Waals surface area contributed by atoms with E-state index >= 15 is 0 Å². The standard InChI is InChI=1S/C19H19NO3/c21-18(13-14-8-10-16(11-9-14)19(22)23)20-12-4-7-17(20)15-5-2-1-3-6-15/h1-3,5-6,8-11,17H,4,7,12-13H2,(H,22,23). The minimum Gasteiger partial charge on any atom is -0.478 e. The van der Waals surface area contributed by atoms with E-state index in [1.165, 1.54) is 5.56 Å². The van der Waals surface area contributed by atoms with Gasteiger partial charge in [-0.2, -0.15) is 0 Å². The van der Waals surface area contributed by atoms with Crippen molar-refractivity contribution in [3.05, 3.63) is 71.3 Å².